The normalized spacial score (nSPS) is 15.8. The van der Waals surface area contributed by atoms with Crippen LogP contribution in [-0.4, -0.2) is 53.0 Å². The van der Waals surface area contributed by atoms with Crippen LogP contribution < -0.4 is 15.4 Å². The van der Waals surface area contributed by atoms with Gasteiger partial charge in [-0.1, -0.05) is 12.1 Å². The summed E-state index contributed by atoms with van der Waals surface area (Å²) in [6.45, 7) is 6.22. The Morgan fingerprint density at radius 1 is 0.976 bits per heavy atom. The Bertz CT molecular complexity index is 1430. The van der Waals surface area contributed by atoms with Crippen molar-refractivity contribution in [1.29, 1.82) is 0 Å². The Kier molecular flexibility index (Phi) is 8.32. The summed E-state index contributed by atoms with van der Waals surface area (Å²) in [6.07, 6.45) is -10.1. The van der Waals surface area contributed by atoms with E-state index in [4.69, 9.17) is 9.15 Å². The molecule has 0 spiro atoms. The molecule has 1 saturated heterocycles. The first-order valence-electron chi connectivity index (χ1n) is 12.6. The van der Waals surface area contributed by atoms with E-state index in [-0.39, 0.29) is 11.7 Å². The second kappa shape index (κ2) is 11.4. The summed E-state index contributed by atoms with van der Waals surface area (Å²) in [6, 6.07) is 10.2. The van der Waals surface area contributed by atoms with Crippen LogP contribution in [-0.2, 0) is 10.9 Å². The number of anilines is 2. The molecule has 1 aromatic heterocycles. The van der Waals surface area contributed by atoms with Crippen molar-refractivity contribution in [3.63, 3.8) is 0 Å². The average molecular weight is 601 g/mol. The van der Waals surface area contributed by atoms with Crippen LogP contribution in [0.25, 0.3) is 11.5 Å². The molecule has 226 valence electrons. The van der Waals surface area contributed by atoms with E-state index in [1.54, 1.807) is 37.8 Å². The van der Waals surface area contributed by atoms with Gasteiger partial charge < -0.3 is 29.4 Å². The topological polar surface area (TPSA) is 106 Å². The van der Waals surface area contributed by atoms with Crippen molar-refractivity contribution in [2.45, 2.75) is 51.4 Å². The first-order chi connectivity index (χ1) is 19.5. The number of rotatable bonds is 6. The minimum Gasteiger partial charge on any atom is -0.444 e. The highest BCUT2D eigenvalue weighted by molar-refractivity contribution is 6.04. The molecule has 1 atom stereocenters. The molecule has 4 rings (SSSR count). The number of carbonyl (C=O) groups is 2. The number of nitrogens with one attached hydrogen (secondary N) is 2. The van der Waals surface area contributed by atoms with Crippen molar-refractivity contribution in [3.05, 3.63) is 60.0 Å². The fourth-order valence-corrected chi connectivity index (χ4v) is 4.08. The number of oxazole rings is 1. The van der Waals surface area contributed by atoms with E-state index in [2.05, 4.69) is 20.4 Å². The maximum absolute atomic E-state index is 13.7. The maximum atomic E-state index is 13.7. The van der Waals surface area contributed by atoms with Crippen LogP contribution >= 0.6 is 0 Å². The molecule has 9 nitrogen and oxygen atoms in total. The summed E-state index contributed by atoms with van der Waals surface area (Å²) in [5.74, 6) is -4.82. The third-order valence-electron chi connectivity index (χ3n) is 5.80. The molecule has 0 saturated carbocycles. The predicted octanol–water partition coefficient (Wildman–Crippen LogP) is 6.93. The van der Waals surface area contributed by atoms with E-state index in [0.717, 1.165) is 12.1 Å². The standard InChI is InChI=1S/C27H26F6N4O5/c1-25(2,3)42-24(39)37-13-12-17(14-37)34-15-8-10-16(11-9-15)35-22(38)20-21(26(28,29)30)40-23(36-20)18-6-4-5-7-19(18)41-27(31,32)33/h4-11,17,34H,12-14H2,1-3H3,(H,35,38). The molecule has 2 heterocycles. The van der Waals surface area contributed by atoms with Gasteiger partial charge >= 0.3 is 18.6 Å². The number of hydrogen-bond donors (Lipinski definition) is 2. The van der Waals surface area contributed by atoms with Gasteiger partial charge in [-0.3, -0.25) is 4.79 Å². The predicted molar refractivity (Wildman–Crippen MR) is 138 cm³/mol. The van der Waals surface area contributed by atoms with Gasteiger partial charge in [0.05, 0.1) is 5.56 Å². The molecule has 1 fully saturated rings. The van der Waals surface area contributed by atoms with E-state index >= 15 is 0 Å². The summed E-state index contributed by atoms with van der Waals surface area (Å²) in [7, 11) is 0. The van der Waals surface area contributed by atoms with Crippen LogP contribution in [0.4, 0.5) is 42.5 Å². The van der Waals surface area contributed by atoms with Gasteiger partial charge in [-0.15, -0.1) is 13.2 Å². The zero-order valence-corrected chi connectivity index (χ0v) is 22.5. The molecule has 2 N–H and O–H groups in total. The van der Waals surface area contributed by atoms with Crippen LogP contribution in [0, 0.1) is 0 Å². The minimum absolute atomic E-state index is 0.0787. The van der Waals surface area contributed by atoms with Crippen LogP contribution in [0.2, 0.25) is 0 Å². The maximum Gasteiger partial charge on any atom is 0.573 e. The molecule has 0 radical (unpaired) electrons. The van der Waals surface area contributed by atoms with Gasteiger partial charge in [0.15, 0.2) is 5.69 Å². The third-order valence-corrected chi connectivity index (χ3v) is 5.80. The number of likely N-dealkylation sites (tertiary alicyclic amines) is 1. The van der Waals surface area contributed by atoms with Crippen LogP contribution in [0.1, 0.15) is 43.4 Å². The molecule has 42 heavy (non-hydrogen) atoms. The van der Waals surface area contributed by atoms with Crippen molar-refractivity contribution in [2.75, 3.05) is 23.7 Å². The van der Waals surface area contributed by atoms with Gasteiger partial charge in [-0.05, 0) is 63.6 Å². The molecule has 1 aliphatic heterocycles. The second-order valence-corrected chi connectivity index (χ2v) is 10.3. The number of para-hydroxylation sites is 1. The highest BCUT2D eigenvalue weighted by Gasteiger charge is 2.42. The number of alkyl halides is 6. The number of carbonyl (C=O) groups excluding carboxylic acids is 2. The van der Waals surface area contributed by atoms with Crippen molar-refractivity contribution in [2.24, 2.45) is 0 Å². The summed E-state index contributed by atoms with van der Waals surface area (Å²) in [5, 5.41) is 5.53. The number of nitrogens with zero attached hydrogens (tertiary/aromatic N) is 2. The zero-order valence-electron chi connectivity index (χ0n) is 22.5. The van der Waals surface area contributed by atoms with Gasteiger partial charge in [0.1, 0.15) is 11.4 Å². The lowest BCUT2D eigenvalue weighted by molar-refractivity contribution is -0.274. The highest BCUT2D eigenvalue weighted by atomic mass is 19.4. The molecular formula is C27H26F6N4O5. The molecule has 1 aliphatic rings. The van der Waals surface area contributed by atoms with Crippen molar-refractivity contribution >= 4 is 23.4 Å². The fraction of sp³-hybridized carbons (Fsp3) is 0.370. The van der Waals surface area contributed by atoms with Gasteiger partial charge in [-0.2, -0.15) is 13.2 Å². The Morgan fingerprint density at radius 3 is 2.24 bits per heavy atom. The van der Waals surface area contributed by atoms with E-state index in [1.807, 2.05) is 0 Å². The SMILES string of the molecule is CC(C)(C)OC(=O)N1CCC(Nc2ccc(NC(=O)c3nc(-c4ccccc4OC(F)(F)F)oc3C(F)(F)F)cc2)C1. The molecular weight excluding hydrogens is 574 g/mol. The van der Waals surface area contributed by atoms with E-state index < -0.39 is 58.8 Å². The Labute approximate surface area is 235 Å². The lowest BCUT2D eigenvalue weighted by atomic mass is 10.2. The molecule has 15 heteroatoms. The molecule has 2 amide bonds. The van der Waals surface area contributed by atoms with E-state index in [9.17, 15) is 35.9 Å². The summed E-state index contributed by atoms with van der Waals surface area (Å²) >= 11 is 0. The number of ether oxygens (including phenoxy) is 2. The Balaban J connectivity index is 1.46. The first-order valence-corrected chi connectivity index (χ1v) is 12.6. The summed E-state index contributed by atoms with van der Waals surface area (Å²) in [4.78, 5) is 30.2. The number of aromatic nitrogens is 1. The number of hydrogen-bond acceptors (Lipinski definition) is 7. The molecule has 2 aromatic carbocycles. The lowest BCUT2D eigenvalue weighted by Crippen LogP contribution is -2.36. The van der Waals surface area contributed by atoms with Gasteiger partial charge in [-0.25, -0.2) is 9.78 Å². The number of benzene rings is 2. The summed E-state index contributed by atoms with van der Waals surface area (Å²) in [5.41, 5.74) is -1.58. The van der Waals surface area contributed by atoms with Crippen molar-refractivity contribution < 1.29 is 49.8 Å². The number of halogens is 6. The third kappa shape index (κ3) is 7.85. The van der Waals surface area contributed by atoms with Crippen LogP contribution in [0.15, 0.2) is 52.9 Å². The number of amides is 2. The highest BCUT2D eigenvalue weighted by Crippen LogP contribution is 2.39. The van der Waals surface area contributed by atoms with Gasteiger partial charge in [0.2, 0.25) is 11.7 Å². The van der Waals surface area contributed by atoms with Crippen molar-refractivity contribution in [3.8, 4) is 17.2 Å². The van der Waals surface area contributed by atoms with Gasteiger partial charge in [0, 0.05) is 30.5 Å². The zero-order chi connectivity index (χ0) is 30.9. The monoisotopic (exact) mass is 600 g/mol. The molecule has 0 bridgehead atoms. The largest absolute Gasteiger partial charge is 0.573 e. The quantitative estimate of drug-likeness (QED) is 0.296. The lowest BCUT2D eigenvalue weighted by Gasteiger charge is -2.24. The Morgan fingerprint density at radius 2 is 1.62 bits per heavy atom. The van der Waals surface area contributed by atoms with Crippen LogP contribution in [0.3, 0.4) is 0 Å². The molecule has 0 aliphatic carbocycles. The second-order valence-electron chi connectivity index (χ2n) is 10.3. The fourth-order valence-electron chi connectivity index (χ4n) is 4.08. The minimum atomic E-state index is -5.18. The van der Waals surface area contributed by atoms with E-state index in [1.165, 1.54) is 24.3 Å². The Hall–Kier alpha value is -4.43. The smallest absolute Gasteiger partial charge is 0.444 e. The average Bonchev–Trinajstić information content (AvgIpc) is 3.51. The van der Waals surface area contributed by atoms with E-state index in [0.29, 0.717) is 25.2 Å². The van der Waals surface area contributed by atoms with Gasteiger partial charge in [0.25, 0.3) is 5.91 Å². The molecule has 3 aromatic rings. The molecule has 1 unspecified atom stereocenters. The summed E-state index contributed by atoms with van der Waals surface area (Å²) < 4.78 is 93.4. The first kappa shape index (κ1) is 30.5. The van der Waals surface area contributed by atoms with Crippen molar-refractivity contribution in [1.82, 2.24) is 9.88 Å². The van der Waals surface area contributed by atoms with Crippen LogP contribution in [0.5, 0.6) is 5.75 Å².